The van der Waals surface area contributed by atoms with E-state index in [0.29, 0.717) is 12.3 Å². The van der Waals surface area contributed by atoms with Crippen molar-refractivity contribution in [2.75, 3.05) is 13.1 Å². The molecular weight excluding hydrogens is 409 g/mol. The number of Topliss-reactive ketones (excluding diaryl/α,β-unsaturated/α-hetero) is 1. The number of ketones is 1. The number of carbonyl (C=O) groups is 1. The van der Waals surface area contributed by atoms with Crippen LogP contribution in [0.5, 0.6) is 0 Å². The van der Waals surface area contributed by atoms with Gasteiger partial charge in [-0.15, -0.1) is 0 Å². The van der Waals surface area contributed by atoms with Crippen molar-refractivity contribution in [1.82, 2.24) is 4.90 Å². The summed E-state index contributed by atoms with van der Waals surface area (Å²) < 4.78 is 13.4. The first kappa shape index (κ1) is 21.5. The summed E-state index contributed by atoms with van der Waals surface area (Å²) in [6.45, 7) is 2.89. The fourth-order valence-electron chi connectivity index (χ4n) is 4.94. The molecular formula is C30H28FNO. The Kier molecular flexibility index (Phi) is 6.32. The van der Waals surface area contributed by atoms with E-state index in [0.717, 1.165) is 59.9 Å². The minimum absolute atomic E-state index is 0.196. The highest BCUT2D eigenvalue weighted by molar-refractivity contribution is 6.02. The van der Waals surface area contributed by atoms with E-state index in [1.165, 1.54) is 11.6 Å². The van der Waals surface area contributed by atoms with Gasteiger partial charge < -0.3 is 0 Å². The highest BCUT2D eigenvalue weighted by atomic mass is 19.1. The molecule has 0 unspecified atom stereocenters. The predicted octanol–water partition coefficient (Wildman–Crippen LogP) is 7.13. The molecule has 33 heavy (non-hydrogen) atoms. The predicted molar refractivity (Wildman–Crippen MR) is 133 cm³/mol. The first-order chi connectivity index (χ1) is 16.2. The Bertz CT molecular complexity index is 1260. The largest absolute Gasteiger partial charge is 0.299 e. The van der Waals surface area contributed by atoms with E-state index < -0.39 is 0 Å². The summed E-state index contributed by atoms with van der Waals surface area (Å²) in [4.78, 5) is 15.6. The monoisotopic (exact) mass is 437 g/mol. The van der Waals surface area contributed by atoms with Gasteiger partial charge in [-0.25, -0.2) is 4.39 Å². The second-order valence-corrected chi connectivity index (χ2v) is 9.08. The van der Waals surface area contributed by atoms with Gasteiger partial charge >= 0.3 is 0 Å². The summed E-state index contributed by atoms with van der Waals surface area (Å²) in [5.74, 6) is 0.477. The Morgan fingerprint density at radius 2 is 1.52 bits per heavy atom. The van der Waals surface area contributed by atoms with Gasteiger partial charge in [-0.2, -0.15) is 0 Å². The molecule has 1 aliphatic rings. The van der Waals surface area contributed by atoms with E-state index in [1.807, 2.05) is 54.6 Å². The maximum Gasteiger partial charge on any atom is 0.163 e. The third-order valence-corrected chi connectivity index (χ3v) is 6.77. The minimum Gasteiger partial charge on any atom is -0.299 e. The van der Waals surface area contributed by atoms with Gasteiger partial charge in [-0.3, -0.25) is 9.69 Å². The van der Waals surface area contributed by atoms with Crippen LogP contribution in [-0.4, -0.2) is 23.8 Å². The number of nitrogens with zero attached hydrogens (tertiary/aromatic N) is 1. The topological polar surface area (TPSA) is 20.3 Å². The van der Waals surface area contributed by atoms with E-state index >= 15 is 0 Å². The molecule has 0 aromatic heterocycles. The van der Waals surface area contributed by atoms with Crippen LogP contribution in [0.25, 0.3) is 21.9 Å². The Balaban J connectivity index is 1.19. The van der Waals surface area contributed by atoms with Crippen LogP contribution in [0.1, 0.15) is 35.2 Å². The summed E-state index contributed by atoms with van der Waals surface area (Å²) in [5, 5.41) is 2.01. The Morgan fingerprint density at radius 1 is 0.818 bits per heavy atom. The highest BCUT2D eigenvalue weighted by Crippen LogP contribution is 2.29. The van der Waals surface area contributed by atoms with E-state index in [4.69, 9.17) is 0 Å². The van der Waals surface area contributed by atoms with Gasteiger partial charge in [0.1, 0.15) is 5.82 Å². The van der Waals surface area contributed by atoms with Crippen LogP contribution in [0.15, 0.2) is 91.0 Å². The number of likely N-dealkylation sites (tertiary alicyclic amines) is 1. The molecule has 0 atom stereocenters. The first-order valence-electron chi connectivity index (χ1n) is 11.7. The molecule has 2 nitrogen and oxygen atoms in total. The van der Waals surface area contributed by atoms with Gasteiger partial charge in [-0.05, 0) is 77.5 Å². The number of halogens is 1. The van der Waals surface area contributed by atoms with Crippen molar-refractivity contribution in [3.8, 4) is 11.1 Å². The van der Waals surface area contributed by atoms with Crippen LogP contribution in [0.3, 0.4) is 0 Å². The lowest BCUT2D eigenvalue weighted by molar-refractivity contribution is 0.0925. The van der Waals surface area contributed by atoms with Crippen LogP contribution in [0, 0.1) is 11.7 Å². The lowest BCUT2D eigenvalue weighted by atomic mass is 9.87. The van der Waals surface area contributed by atoms with Crippen molar-refractivity contribution in [1.29, 1.82) is 0 Å². The quantitative estimate of drug-likeness (QED) is 0.299. The summed E-state index contributed by atoms with van der Waals surface area (Å²) in [6, 6.07) is 29.3. The number of carbonyl (C=O) groups excluding carboxylic acids is 1. The molecule has 1 saturated heterocycles. The molecule has 4 aromatic carbocycles. The van der Waals surface area contributed by atoms with Crippen molar-refractivity contribution in [2.24, 2.45) is 5.92 Å². The van der Waals surface area contributed by atoms with Gasteiger partial charge in [0.25, 0.3) is 0 Å². The summed E-state index contributed by atoms with van der Waals surface area (Å²) in [6.07, 6.45) is 2.69. The second kappa shape index (κ2) is 9.68. The van der Waals surface area contributed by atoms with Gasteiger partial charge in [0.05, 0.1) is 0 Å². The maximum atomic E-state index is 13.4. The van der Waals surface area contributed by atoms with Gasteiger partial charge in [0.2, 0.25) is 0 Å². The molecule has 5 rings (SSSR count). The summed E-state index contributed by atoms with van der Waals surface area (Å²) >= 11 is 0. The van der Waals surface area contributed by atoms with Crippen LogP contribution in [0.2, 0.25) is 0 Å². The number of rotatable bonds is 6. The summed E-state index contributed by atoms with van der Waals surface area (Å²) in [7, 11) is 0. The fourth-order valence-corrected chi connectivity index (χ4v) is 4.94. The zero-order valence-electron chi connectivity index (χ0n) is 18.7. The highest BCUT2D eigenvalue weighted by Gasteiger charge is 2.23. The van der Waals surface area contributed by atoms with E-state index in [2.05, 4.69) is 29.2 Å². The Labute approximate surface area is 194 Å². The molecule has 1 heterocycles. The average Bonchev–Trinajstić information content (AvgIpc) is 2.86. The van der Waals surface area contributed by atoms with Gasteiger partial charge in [0, 0.05) is 18.5 Å². The number of hydrogen-bond acceptors (Lipinski definition) is 2. The smallest absolute Gasteiger partial charge is 0.163 e. The van der Waals surface area contributed by atoms with Crippen LogP contribution in [0.4, 0.5) is 4.39 Å². The fraction of sp³-hybridized carbons (Fsp3) is 0.233. The Morgan fingerprint density at radius 3 is 2.33 bits per heavy atom. The Hall–Kier alpha value is -3.30. The lowest BCUT2D eigenvalue weighted by Crippen LogP contribution is -2.34. The molecule has 0 saturated carbocycles. The van der Waals surface area contributed by atoms with Crippen molar-refractivity contribution in [2.45, 2.75) is 25.8 Å². The standard InChI is InChI=1S/C30H28FNO/c31-27-13-12-25-18-23(10-11-26(25)20-27)21-32-16-14-22(15-17-32)19-30(33)29-9-5-4-8-28(29)24-6-2-1-3-7-24/h1-13,18,20,22H,14-17,19,21H2. The van der Waals surface area contributed by atoms with Crippen molar-refractivity contribution in [3.63, 3.8) is 0 Å². The molecule has 3 heteroatoms. The molecule has 1 fully saturated rings. The molecule has 1 aliphatic heterocycles. The number of hydrogen-bond donors (Lipinski definition) is 0. The van der Waals surface area contributed by atoms with E-state index in [-0.39, 0.29) is 11.6 Å². The zero-order chi connectivity index (χ0) is 22.6. The van der Waals surface area contributed by atoms with Gasteiger partial charge in [-0.1, -0.05) is 72.8 Å². The molecule has 0 N–H and O–H groups in total. The summed E-state index contributed by atoms with van der Waals surface area (Å²) in [5.41, 5.74) is 4.20. The van der Waals surface area contributed by atoms with Gasteiger partial charge in [0.15, 0.2) is 5.78 Å². The third kappa shape index (κ3) is 5.04. The molecule has 0 radical (unpaired) electrons. The third-order valence-electron chi connectivity index (χ3n) is 6.77. The molecule has 0 bridgehead atoms. The average molecular weight is 438 g/mol. The normalized spacial score (nSPS) is 15.1. The SMILES string of the molecule is O=C(CC1CCN(Cc2ccc3cc(F)ccc3c2)CC1)c1ccccc1-c1ccccc1. The number of piperidine rings is 1. The molecule has 4 aromatic rings. The second-order valence-electron chi connectivity index (χ2n) is 9.08. The molecule has 0 spiro atoms. The zero-order valence-corrected chi connectivity index (χ0v) is 18.7. The van der Waals surface area contributed by atoms with Crippen molar-refractivity contribution in [3.05, 3.63) is 108 Å². The maximum absolute atomic E-state index is 13.4. The van der Waals surface area contributed by atoms with E-state index in [9.17, 15) is 9.18 Å². The van der Waals surface area contributed by atoms with Crippen molar-refractivity contribution >= 4 is 16.6 Å². The van der Waals surface area contributed by atoms with E-state index in [1.54, 1.807) is 6.07 Å². The first-order valence-corrected chi connectivity index (χ1v) is 11.7. The molecule has 0 aliphatic carbocycles. The molecule has 0 amide bonds. The number of benzene rings is 4. The van der Waals surface area contributed by atoms with Crippen LogP contribution in [-0.2, 0) is 6.54 Å². The van der Waals surface area contributed by atoms with Crippen LogP contribution >= 0.6 is 0 Å². The van der Waals surface area contributed by atoms with Crippen LogP contribution < -0.4 is 0 Å². The lowest BCUT2D eigenvalue weighted by Gasteiger charge is -2.32. The molecule has 166 valence electrons. The number of fused-ring (bicyclic) bond motifs is 1. The van der Waals surface area contributed by atoms with Crippen molar-refractivity contribution < 1.29 is 9.18 Å². The minimum atomic E-state index is -0.196.